The van der Waals surface area contributed by atoms with E-state index in [1.807, 2.05) is 42.5 Å². The molecule has 5 heteroatoms. The average Bonchev–Trinajstić information content (AvgIpc) is 3.10. The molecule has 5 nitrogen and oxygen atoms in total. The Hall–Kier alpha value is -2.40. The zero-order valence-corrected chi connectivity index (χ0v) is 13.7. The topological polar surface area (TPSA) is 77.2 Å². The molecule has 1 aromatic heterocycles. The largest absolute Gasteiger partial charge is 0.439 e. The van der Waals surface area contributed by atoms with Gasteiger partial charge in [-0.25, -0.2) is 4.98 Å². The molecule has 0 bridgehead atoms. The van der Waals surface area contributed by atoms with Crippen molar-refractivity contribution < 1.29 is 9.53 Å². The lowest BCUT2D eigenvalue weighted by Gasteiger charge is -2.17. The van der Waals surface area contributed by atoms with Gasteiger partial charge in [-0.1, -0.05) is 30.7 Å². The van der Waals surface area contributed by atoms with Gasteiger partial charge in [-0.2, -0.15) is 0 Å². The first-order valence-electron chi connectivity index (χ1n) is 8.42. The fourth-order valence-electron chi connectivity index (χ4n) is 3.17. The van der Waals surface area contributed by atoms with Crippen molar-refractivity contribution in [2.24, 2.45) is 17.6 Å². The van der Waals surface area contributed by atoms with Crippen LogP contribution in [0.4, 0.5) is 0 Å². The minimum Gasteiger partial charge on any atom is -0.439 e. The molecule has 0 saturated heterocycles. The fourth-order valence-corrected chi connectivity index (χ4v) is 3.17. The number of amides is 1. The normalized spacial score (nSPS) is 19.9. The maximum Gasteiger partial charge on any atom is 0.223 e. The molecule has 1 amide bonds. The summed E-state index contributed by atoms with van der Waals surface area (Å²) in [4.78, 5) is 16.6. The lowest BCUT2D eigenvalue weighted by atomic mass is 9.95. The third kappa shape index (κ3) is 4.11. The summed E-state index contributed by atoms with van der Waals surface area (Å²) < 4.78 is 5.66. The van der Waals surface area contributed by atoms with Crippen molar-refractivity contribution in [2.45, 2.75) is 25.8 Å². The van der Waals surface area contributed by atoms with Crippen LogP contribution in [0.25, 0.3) is 0 Å². The molecule has 0 unspecified atom stereocenters. The number of rotatable bonds is 6. The van der Waals surface area contributed by atoms with E-state index in [-0.39, 0.29) is 11.8 Å². The molecular formula is C19H23N3O2. The SMILES string of the molecule is NC[C@H]1CCC[C@H]1C(=O)NCc1ccc(Oc2ccccc2)nc1. The second-order valence-electron chi connectivity index (χ2n) is 6.17. The first kappa shape index (κ1) is 16.5. The molecule has 1 fully saturated rings. The molecule has 1 heterocycles. The Morgan fingerprint density at radius 3 is 2.75 bits per heavy atom. The molecule has 2 aromatic rings. The minimum absolute atomic E-state index is 0.0589. The van der Waals surface area contributed by atoms with Crippen LogP contribution < -0.4 is 15.8 Å². The molecule has 0 radical (unpaired) electrons. The summed E-state index contributed by atoms with van der Waals surface area (Å²) in [5, 5.41) is 3.00. The van der Waals surface area contributed by atoms with Gasteiger partial charge in [0.05, 0.1) is 0 Å². The number of pyridine rings is 1. The molecule has 24 heavy (non-hydrogen) atoms. The van der Waals surface area contributed by atoms with E-state index in [1.165, 1.54) is 0 Å². The number of hydrogen-bond donors (Lipinski definition) is 2. The third-order valence-electron chi connectivity index (χ3n) is 4.53. The lowest BCUT2D eigenvalue weighted by Crippen LogP contribution is -2.34. The van der Waals surface area contributed by atoms with Gasteiger partial charge in [0.25, 0.3) is 0 Å². The van der Waals surface area contributed by atoms with Gasteiger partial charge >= 0.3 is 0 Å². The van der Waals surface area contributed by atoms with Crippen molar-refractivity contribution in [3.8, 4) is 11.6 Å². The highest BCUT2D eigenvalue weighted by Crippen LogP contribution is 2.31. The molecule has 0 spiro atoms. The monoisotopic (exact) mass is 325 g/mol. The first-order valence-corrected chi connectivity index (χ1v) is 8.42. The Kier molecular flexibility index (Phi) is 5.43. The minimum atomic E-state index is 0.0589. The Balaban J connectivity index is 1.52. The molecule has 0 aliphatic heterocycles. The van der Waals surface area contributed by atoms with E-state index in [1.54, 1.807) is 6.20 Å². The predicted octanol–water partition coefficient (Wildman–Crippen LogP) is 2.87. The highest BCUT2D eigenvalue weighted by atomic mass is 16.5. The second kappa shape index (κ2) is 7.93. The van der Waals surface area contributed by atoms with Gasteiger partial charge in [-0.15, -0.1) is 0 Å². The Bertz CT molecular complexity index is 658. The van der Waals surface area contributed by atoms with Gasteiger partial charge < -0.3 is 15.8 Å². The number of nitrogens with two attached hydrogens (primary N) is 1. The van der Waals surface area contributed by atoms with E-state index in [0.29, 0.717) is 24.9 Å². The van der Waals surface area contributed by atoms with Crippen molar-refractivity contribution in [3.63, 3.8) is 0 Å². The predicted molar refractivity (Wildman–Crippen MR) is 92.5 cm³/mol. The highest BCUT2D eigenvalue weighted by Gasteiger charge is 2.31. The first-order chi connectivity index (χ1) is 11.8. The van der Waals surface area contributed by atoms with Crippen LogP contribution in [0.5, 0.6) is 11.6 Å². The standard InChI is InChI=1S/C19H23N3O2/c20-11-15-5-4-8-17(15)19(23)22-13-14-9-10-18(21-12-14)24-16-6-2-1-3-7-16/h1-3,6-7,9-10,12,15,17H,4-5,8,11,13,20H2,(H,22,23)/t15-,17-/m1/s1. The number of benzene rings is 1. The Morgan fingerprint density at radius 1 is 1.21 bits per heavy atom. The smallest absolute Gasteiger partial charge is 0.223 e. The highest BCUT2D eigenvalue weighted by molar-refractivity contribution is 5.79. The van der Waals surface area contributed by atoms with Gasteiger partial charge in [0.2, 0.25) is 11.8 Å². The fraction of sp³-hybridized carbons (Fsp3) is 0.368. The van der Waals surface area contributed by atoms with E-state index >= 15 is 0 Å². The zero-order valence-electron chi connectivity index (χ0n) is 13.7. The van der Waals surface area contributed by atoms with Crippen LogP contribution in [0.1, 0.15) is 24.8 Å². The van der Waals surface area contributed by atoms with Crippen LogP contribution in [0, 0.1) is 11.8 Å². The second-order valence-corrected chi connectivity index (χ2v) is 6.17. The van der Waals surface area contributed by atoms with Gasteiger partial charge in [-0.3, -0.25) is 4.79 Å². The van der Waals surface area contributed by atoms with Crippen molar-refractivity contribution in [3.05, 3.63) is 54.2 Å². The van der Waals surface area contributed by atoms with Crippen molar-refractivity contribution in [1.29, 1.82) is 0 Å². The van der Waals surface area contributed by atoms with E-state index < -0.39 is 0 Å². The molecule has 1 saturated carbocycles. The van der Waals surface area contributed by atoms with Crippen LogP contribution in [-0.4, -0.2) is 17.4 Å². The molecule has 1 aliphatic rings. The summed E-state index contributed by atoms with van der Waals surface area (Å²) in [5.41, 5.74) is 6.70. The number of hydrogen-bond acceptors (Lipinski definition) is 4. The van der Waals surface area contributed by atoms with Gasteiger partial charge in [0, 0.05) is 24.7 Å². The van der Waals surface area contributed by atoms with Crippen LogP contribution >= 0.6 is 0 Å². The van der Waals surface area contributed by atoms with Crippen molar-refractivity contribution in [2.75, 3.05) is 6.54 Å². The summed E-state index contributed by atoms with van der Waals surface area (Å²) in [6.07, 6.45) is 4.82. The number of nitrogens with one attached hydrogen (secondary N) is 1. The number of para-hydroxylation sites is 1. The summed E-state index contributed by atoms with van der Waals surface area (Å²) in [6.45, 7) is 1.07. The molecule has 3 N–H and O–H groups in total. The van der Waals surface area contributed by atoms with Crippen LogP contribution in [0.3, 0.4) is 0 Å². The quantitative estimate of drug-likeness (QED) is 0.856. The summed E-state index contributed by atoms with van der Waals surface area (Å²) in [7, 11) is 0. The zero-order chi connectivity index (χ0) is 16.8. The number of ether oxygens (including phenoxy) is 1. The Labute approximate surface area is 142 Å². The van der Waals surface area contributed by atoms with Crippen molar-refractivity contribution >= 4 is 5.91 Å². The lowest BCUT2D eigenvalue weighted by molar-refractivity contribution is -0.126. The molecule has 1 aliphatic carbocycles. The van der Waals surface area contributed by atoms with Gasteiger partial charge in [-0.05, 0) is 43.0 Å². The average molecular weight is 325 g/mol. The van der Waals surface area contributed by atoms with Crippen molar-refractivity contribution in [1.82, 2.24) is 10.3 Å². The maximum atomic E-state index is 12.3. The van der Waals surface area contributed by atoms with Gasteiger partial charge in [0.1, 0.15) is 5.75 Å². The maximum absolute atomic E-state index is 12.3. The van der Waals surface area contributed by atoms with E-state index in [4.69, 9.17) is 10.5 Å². The Morgan fingerprint density at radius 2 is 2.04 bits per heavy atom. The van der Waals surface area contributed by atoms with E-state index in [9.17, 15) is 4.79 Å². The molecule has 3 rings (SSSR count). The van der Waals surface area contributed by atoms with Crippen LogP contribution in [-0.2, 0) is 11.3 Å². The van der Waals surface area contributed by atoms with Gasteiger partial charge in [0.15, 0.2) is 0 Å². The summed E-state index contributed by atoms with van der Waals surface area (Å²) >= 11 is 0. The van der Waals surface area contributed by atoms with E-state index in [2.05, 4.69) is 10.3 Å². The summed E-state index contributed by atoms with van der Waals surface area (Å²) in [6, 6.07) is 13.3. The number of nitrogens with zero attached hydrogens (tertiary/aromatic N) is 1. The third-order valence-corrected chi connectivity index (χ3v) is 4.53. The molecule has 2 atom stereocenters. The molecular weight excluding hydrogens is 302 g/mol. The van der Waals surface area contributed by atoms with Crippen LogP contribution in [0.2, 0.25) is 0 Å². The van der Waals surface area contributed by atoms with E-state index in [0.717, 1.165) is 30.6 Å². The number of carbonyl (C=O) groups excluding carboxylic acids is 1. The molecule has 126 valence electrons. The summed E-state index contributed by atoms with van der Waals surface area (Å²) in [5.74, 6) is 1.77. The number of carbonyl (C=O) groups is 1. The molecule has 1 aromatic carbocycles. The number of aromatic nitrogens is 1. The van der Waals surface area contributed by atoms with Crippen LogP contribution in [0.15, 0.2) is 48.7 Å².